The van der Waals surface area contributed by atoms with Gasteiger partial charge in [0.05, 0.1) is 19.1 Å². The lowest BCUT2D eigenvalue weighted by atomic mass is 10.2. The zero-order valence-corrected chi connectivity index (χ0v) is 9.91. The maximum Gasteiger partial charge on any atom is 0.391 e. The average molecular weight is 264 g/mol. The number of benzene rings is 1. The van der Waals surface area contributed by atoms with Crippen molar-refractivity contribution in [3.63, 3.8) is 0 Å². The van der Waals surface area contributed by atoms with E-state index >= 15 is 0 Å². The predicted molar refractivity (Wildman–Crippen MR) is 59.3 cm³/mol. The number of rotatable bonds is 6. The van der Waals surface area contributed by atoms with Gasteiger partial charge in [-0.3, -0.25) is 0 Å². The summed E-state index contributed by atoms with van der Waals surface area (Å²) in [7, 11) is 1.54. The topological polar surface area (TPSA) is 38.7 Å². The van der Waals surface area contributed by atoms with E-state index in [0.717, 1.165) is 5.56 Å². The van der Waals surface area contributed by atoms with Crippen LogP contribution in [0.3, 0.4) is 0 Å². The molecule has 0 bridgehead atoms. The normalized spacial score (nSPS) is 13.4. The van der Waals surface area contributed by atoms with E-state index < -0.39 is 25.3 Å². The summed E-state index contributed by atoms with van der Waals surface area (Å²) >= 11 is 0. The van der Waals surface area contributed by atoms with Crippen molar-refractivity contribution in [1.29, 1.82) is 0 Å². The first kappa shape index (κ1) is 14.8. The van der Waals surface area contributed by atoms with E-state index in [1.54, 1.807) is 25.3 Å². The third-order valence-electron chi connectivity index (χ3n) is 2.12. The summed E-state index contributed by atoms with van der Waals surface area (Å²) in [5, 5.41) is 9.15. The Morgan fingerprint density at radius 1 is 1.33 bits per heavy atom. The van der Waals surface area contributed by atoms with Gasteiger partial charge in [0.15, 0.2) is 0 Å². The standard InChI is InChI=1S/C12H15F3O3/c1-17-7-9-3-2-4-11(5-9)18-8-10(16)6-12(13,14)15/h2-5,10,16H,6-8H2,1H3. The molecule has 18 heavy (non-hydrogen) atoms. The van der Waals surface area contributed by atoms with Crippen LogP contribution in [0.25, 0.3) is 0 Å². The van der Waals surface area contributed by atoms with E-state index in [1.165, 1.54) is 0 Å². The molecule has 1 rings (SSSR count). The molecule has 3 nitrogen and oxygen atoms in total. The highest BCUT2D eigenvalue weighted by molar-refractivity contribution is 5.28. The summed E-state index contributed by atoms with van der Waals surface area (Å²) in [6.07, 6.45) is -7.22. The number of halogens is 3. The van der Waals surface area contributed by atoms with Crippen LogP contribution in [0.4, 0.5) is 13.2 Å². The van der Waals surface area contributed by atoms with Gasteiger partial charge in [-0.2, -0.15) is 13.2 Å². The van der Waals surface area contributed by atoms with Gasteiger partial charge in [-0.25, -0.2) is 0 Å². The Bertz CT molecular complexity index is 366. The third-order valence-corrected chi connectivity index (χ3v) is 2.12. The van der Waals surface area contributed by atoms with E-state index in [2.05, 4.69) is 0 Å². The maximum atomic E-state index is 12.0. The molecule has 0 spiro atoms. The minimum atomic E-state index is -4.39. The van der Waals surface area contributed by atoms with Gasteiger partial charge < -0.3 is 14.6 Å². The van der Waals surface area contributed by atoms with Crippen LogP contribution in [0.5, 0.6) is 5.75 Å². The largest absolute Gasteiger partial charge is 0.491 e. The van der Waals surface area contributed by atoms with Crippen LogP contribution in [0, 0.1) is 0 Å². The molecule has 0 heterocycles. The lowest BCUT2D eigenvalue weighted by molar-refractivity contribution is -0.156. The number of alkyl halides is 3. The summed E-state index contributed by atoms with van der Waals surface area (Å²) < 4.78 is 45.9. The van der Waals surface area contributed by atoms with Crippen molar-refractivity contribution in [2.75, 3.05) is 13.7 Å². The van der Waals surface area contributed by atoms with Crippen molar-refractivity contribution in [2.45, 2.75) is 25.3 Å². The van der Waals surface area contributed by atoms with E-state index in [-0.39, 0.29) is 0 Å². The van der Waals surface area contributed by atoms with Gasteiger partial charge in [0, 0.05) is 7.11 Å². The minimum absolute atomic E-state index is 0.391. The summed E-state index contributed by atoms with van der Waals surface area (Å²) in [4.78, 5) is 0. The van der Waals surface area contributed by atoms with Crippen molar-refractivity contribution in [3.05, 3.63) is 29.8 Å². The Hall–Kier alpha value is -1.27. The number of ether oxygens (including phenoxy) is 2. The number of aliphatic hydroxyl groups is 1. The van der Waals surface area contributed by atoms with Gasteiger partial charge in [0.1, 0.15) is 12.4 Å². The van der Waals surface area contributed by atoms with Gasteiger partial charge in [-0.15, -0.1) is 0 Å². The molecule has 102 valence electrons. The molecule has 0 aliphatic rings. The van der Waals surface area contributed by atoms with Crippen molar-refractivity contribution in [3.8, 4) is 5.75 Å². The highest BCUT2D eigenvalue weighted by Gasteiger charge is 2.31. The molecule has 0 saturated heterocycles. The van der Waals surface area contributed by atoms with Gasteiger partial charge in [0.2, 0.25) is 0 Å². The van der Waals surface area contributed by atoms with Gasteiger partial charge in [0.25, 0.3) is 0 Å². The van der Waals surface area contributed by atoms with Crippen LogP contribution in [0.1, 0.15) is 12.0 Å². The number of hydrogen-bond donors (Lipinski definition) is 1. The molecule has 1 aromatic carbocycles. The molecule has 0 aromatic heterocycles. The van der Waals surface area contributed by atoms with Crippen molar-refractivity contribution < 1.29 is 27.8 Å². The first-order chi connectivity index (χ1) is 8.40. The Kier molecular flexibility index (Phi) is 5.43. The molecule has 0 aliphatic carbocycles. The van der Waals surface area contributed by atoms with Gasteiger partial charge in [-0.05, 0) is 17.7 Å². The van der Waals surface area contributed by atoms with Crippen molar-refractivity contribution in [2.24, 2.45) is 0 Å². The third kappa shape index (κ3) is 5.88. The average Bonchev–Trinajstić information content (AvgIpc) is 2.25. The van der Waals surface area contributed by atoms with Gasteiger partial charge >= 0.3 is 6.18 Å². The van der Waals surface area contributed by atoms with Gasteiger partial charge in [-0.1, -0.05) is 12.1 Å². The Balaban J connectivity index is 2.45. The van der Waals surface area contributed by atoms with Crippen LogP contribution < -0.4 is 4.74 Å². The van der Waals surface area contributed by atoms with E-state index in [1.807, 2.05) is 6.07 Å². The first-order valence-corrected chi connectivity index (χ1v) is 5.36. The number of hydrogen-bond acceptors (Lipinski definition) is 3. The quantitative estimate of drug-likeness (QED) is 0.858. The lowest BCUT2D eigenvalue weighted by Gasteiger charge is -2.14. The van der Waals surface area contributed by atoms with Crippen LogP contribution in [-0.4, -0.2) is 31.1 Å². The second kappa shape index (κ2) is 6.61. The molecule has 0 radical (unpaired) electrons. The number of aliphatic hydroxyl groups excluding tert-OH is 1. The minimum Gasteiger partial charge on any atom is -0.491 e. The fourth-order valence-electron chi connectivity index (χ4n) is 1.41. The predicted octanol–water partition coefficient (Wildman–Crippen LogP) is 2.53. The van der Waals surface area contributed by atoms with Crippen LogP contribution in [0.2, 0.25) is 0 Å². The lowest BCUT2D eigenvalue weighted by Crippen LogP contribution is -2.25. The molecule has 1 N–H and O–H groups in total. The summed E-state index contributed by atoms with van der Waals surface area (Å²) in [6.45, 7) is -0.00174. The monoisotopic (exact) mass is 264 g/mol. The fourth-order valence-corrected chi connectivity index (χ4v) is 1.41. The molecule has 0 fully saturated rings. The molecule has 0 amide bonds. The molecule has 1 unspecified atom stereocenters. The van der Waals surface area contributed by atoms with E-state index in [0.29, 0.717) is 12.4 Å². The second-order valence-electron chi connectivity index (χ2n) is 3.86. The molecule has 1 atom stereocenters. The molecule has 0 aliphatic heterocycles. The first-order valence-electron chi connectivity index (χ1n) is 5.36. The van der Waals surface area contributed by atoms with Crippen LogP contribution in [0.15, 0.2) is 24.3 Å². The highest BCUT2D eigenvalue weighted by Crippen LogP contribution is 2.22. The van der Waals surface area contributed by atoms with E-state index in [4.69, 9.17) is 14.6 Å². The van der Waals surface area contributed by atoms with Crippen LogP contribution in [-0.2, 0) is 11.3 Å². The van der Waals surface area contributed by atoms with Crippen molar-refractivity contribution in [1.82, 2.24) is 0 Å². The Morgan fingerprint density at radius 3 is 2.67 bits per heavy atom. The zero-order chi connectivity index (χ0) is 13.6. The zero-order valence-electron chi connectivity index (χ0n) is 9.91. The fraction of sp³-hybridized carbons (Fsp3) is 0.500. The summed E-state index contributed by atoms with van der Waals surface area (Å²) in [6, 6.07) is 6.78. The molecule has 0 saturated carbocycles. The van der Waals surface area contributed by atoms with Crippen molar-refractivity contribution >= 4 is 0 Å². The molecular weight excluding hydrogens is 249 g/mol. The number of methoxy groups -OCH3 is 1. The maximum absolute atomic E-state index is 12.0. The Labute approximate surface area is 103 Å². The smallest absolute Gasteiger partial charge is 0.391 e. The Morgan fingerprint density at radius 2 is 2.06 bits per heavy atom. The summed E-state index contributed by atoms with van der Waals surface area (Å²) in [5.74, 6) is 0.408. The molecular formula is C12H15F3O3. The van der Waals surface area contributed by atoms with E-state index in [9.17, 15) is 13.2 Å². The second-order valence-corrected chi connectivity index (χ2v) is 3.86. The molecule has 1 aromatic rings. The summed E-state index contributed by atoms with van der Waals surface area (Å²) in [5.41, 5.74) is 0.848. The SMILES string of the molecule is COCc1cccc(OCC(O)CC(F)(F)F)c1. The van der Waals surface area contributed by atoms with Crippen LogP contribution >= 0.6 is 0 Å². The molecule has 6 heteroatoms. The highest BCUT2D eigenvalue weighted by atomic mass is 19.4.